The monoisotopic (exact) mass is 311 g/mol. The molecular weight excluding hydrogens is 282 g/mol. The summed E-state index contributed by atoms with van der Waals surface area (Å²) < 4.78 is 39.0. The molecule has 0 amide bonds. The Balaban J connectivity index is 3.49. The van der Waals surface area contributed by atoms with Gasteiger partial charge in [0.25, 0.3) is 0 Å². The van der Waals surface area contributed by atoms with Gasteiger partial charge in [-0.2, -0.15) is 0 Å². The molecule has 0 atom stereocenters. The van der Waals surface area contributed by atoms with E-state index in [1.54, 1.807) is 0 Å². The molecule has 0 unspecified atom stereocenters. The van der Waals surface area contributed by atoms with Crippen LogP contribution < -0.4 is 5.73 Å². The van der Waals surface area contributed by atoms with E-state index in [0.717, 1.165) is 0 Å². The van der Waals surface area contributed by atoms with Crippen LogP contribution in [0, 0.1) is 0 Å². The lowest BCUT2D eigenvalue weighted by Gasteiger charge is -2.17. The zero-order valence-corrected chi connectivity index (χ0v) is 13.7. The molecule has 0 aliphatic heterocycles. The van der Waals surface area contributed by atoms with Crippen molar-refractivity contribution in [1.29, 1.82) is 0 Å². The van der Waals surface area contributed by atoms with Gasteiger partial charge in [-0.3, -0.25) is 0 Å². The van der Waals surface area contributed by atoms with Gasteiger partial charge < -0.3 is 19.9 Å². The Morgan fingerprint density at radius 2 is 1.40 bits per heavy atom. The van der Waals surface area contributed by atoms with Crippen LogP contribution in [0.25, 0.3) is 0 Å². The molecule has 0 rings (SSSR count). The second-order valence-electron chi connectivity index (χ2n) is 5.31. The molecule has 0 aromatic rings. The van der Waals surface area contributed by atoms with Crippen LogP contribution >= 0.6 is 0 Å². The molecule has 0 bridgehead atoms. The van der Waals surface area contributed by atoms with Crippen LogP contribution in [0.15, 0.2) is 0 Å². The van der Waals surface area contributed by atoms with Crippen LogP contribution in [0.5, 0.6) is 0 Å². The van der Waals surface area contributed by atoms with E-state index in [1.165, 1.54) is 0 Å². The molecule has 0 saturated carbocycles. The van der Waals surface area contributed by atoms with E-state index >= 15 is 0 Å². The van der Waals surface area contributed by atoms with Crippen molar-refractivity contribution >= 4 is 9.84 Å². The topological polar surface area (TPSA) is 87.9 Å². The van der Waals surface area contributed by atoms with Crippen molar-refractivity contribution in [3.63, 3.8) is 0 Å². The number of sulfone groups is 1. The third-order valence-corrected chi connectivity index (χ3v) is 4.16. The lowest BCUT2D eigenvalue weighted by atomic mass is 10.0. The molecule has 2 N–H and O–H groups in total. The number of nitrogens with two attached hydrogens (primary N) is 1. The van der Waals surface area contributed by atoms with Gasteiger partial charge in [-0.1, -0.05) is 0 Å². The van der Waals surface area contributed by atoms with E-state index in [1.807, 2.05) is 20.8 Å². The van der Waals surface area contributed by atoms with Crippen molar-refractivity contribution in [1.82, 2.24) is 0 Å². The summed E-state index contributed by atoms with van der Waals surface area (Å²) in [5.74, 6) is 0.132. The van der Waals surface area contributed by atoms with Gasteiger partial charge in [-0.25, -0.2) is 8.42 Å². The fraction of sp³-hybridized carbons (Fsp3) is 1.00. The first-order chi connectivity index (χ1) is 9.27. The van der Waals surface area contributed by atoms with Gasteiger partial charge in [0.2, 0.25) is 0 Å². The van der Waals surface area contributed by atoms with Crippen LogP contribution in [-0.4, -0.2) is 65.1 Å². The van der Waals surface area contributed by atoms with Gasteiger partial charge in [-0.05, 0) is 27.2 Å². The Bertz CT molecular complexity index is 324. The largest absolute Gasteiger partial charge is 0.379 e. The van der Waals surface area contributed by atoms with E-state index in [-0.39, 0.29) is 18.1 Å². The summed E-state index contributed by atoms with van der Waals surface area (Å²) in [4.78, 5) is 0. The van der Waals surface area contributed by atoms with Crippen LogP contribution in [0.4, 0.5) is 0 Å². The van der Waals surface area contributed by atoms with E-state index in [0.29, 0.717) is 39.5 Å². The molecule has 0 aliphatic rings. The second kappa shape index (κ2) is 10.5. The Labute approximate surface area is 122 Å². The fourth-order valence-electron chi connectivity index (χ4n) is 1.29. The highest BCUT2D eigenvalue weighted by Crippen LogP contribution is 2.06. The molecule has 0 heterocycles. The van der Waals surface area contributed by atoms with Gasteiger partial charge in [0.15, 0.2) is 9.84 Å². The van der Waals surface area contributed by atoms with Crippen LogP contribution in [-0.2, 0) is 24.0 Å². The average molecular weight is 311 g/mol. The normalized spacial score (nSPS) is 12.8. The third-order valence-electron chi connectivity index (χ3n) is 2.54. The van der Waals surface area contributed by atoms with E-state index in [4.69, 9.17) is 19.9 Å². The maximum Gasteiger partial charge on any atom is 0.152 e. The number of rotatable bonds is 13. The highest BCUT2D eigenvalue weighted by molar-refractivity contribution is 7.91. The molecule has 0 aromatic carbocycles. The van der Waals surface area contributed by atoms with Crippen molar-refractivity contribution in [2.24, 2.45) is 5.73 Å². The minimum absolute atomic E-state index is 0.0298. The molecule has 0 spiro atoms. The smallest absolute Gasteiger partial charge is 0.152 e. The zero-order chi connectivity index (χ0) is 15.5. The third kappa shape index (κ3) is 14.2. The lowest BCUT2D eigenvalue weighted by molar-refractivity contribution is 0.0198. The summed E-state index contributed by atoms with van der Waals surface area (Å²) in [6.07, 6.45) is 0.454. The van der Waals surface area contributed by atoms with Crippen LogP contribution in [0.1, 0.15) is 27.2 Å². The number of hydrogen-bond acceptors (Lipinski definition) is 6. The minimum Gasteiger partial charge on any atom is -0.379 e. The molecule has 20 heavy (non-hydrogen) atoms. The quantitative estimate of drug-likeness (QED) is 0.501. The molecular formula is C13H29NO5S. The molecule has 0 aliphatic carbocycles. The Morgan fingerprint density at radius 3 is 1.90 bits per heavy atom. The SMILES string of the molecule is CCOCCOCCOCCS(=O)(=O)CCC(C)(C)N. The first-order valence-corrected chi connectivity index (χ1v) is 8.81. The van der Waals surface area contributed by atoms with Crippen LogP contribution in [0.2, 0.25) is 0 Å². The van der Waals surface area contributed by atoms with E-state index in [2.05, 4.69) is 0 Å². The summed E-state index contributed by atoms with van der Waals surface area (Å²) in [5, 5.41) is 0. The van der Waals surface area contributed by atoms with Crippen molar-refractivity contribution in [2.75, 3.05) is 51.1 Å². The molecule has 6 nitrogen and oxygen atoms in total. The van der Waals surface area contributed by atoms with Crippen molar-refractivity contribution in [3.05, 3.63) is 0 Å². The second-order valence-corrected chi connectivity index (χ2v) is 7.62. The predicted molar refractivity (Wildman–Crippen MR) is 79.7 cm³/mol. The van der Waals surface area contributed by atoms with Gasteiger partial charge in [-0.15, -0.1) is 0 Å². The predicted octanol–water partition coefficient (Wildman–Crippen LogP) is 0.598. The summed E-state index contributed by atoms with van der Waals surface area (Å²) in [6.45, 7) is 8.37. The fourth-order valence-corrected chi connectivity index (χ4v) is 2.70. The maximum absolute atomic E-state index is 11.7. The van der Waals surface area contributed by atoms with Crippen molar-refractivity contribution < 1.29 is 22.6 Å². The standard InChI is InChI=1S/C13H29NO5S/c1-4-17-6-7-18-8-9-19-10-12-20(15,16)11-5-13(2,3)14/h4-12,14H2,1-3H3. The molecule has 0 saturated heterocycles. The maximum atomic E-state index is 11.7. The lowest BCUT2D eigenvalue weighted by Crippen LogP contribution is -2.34. The Kier molecular flexibility index (Phi) is 10.4. The highest BCUT2D eigenvalue weighted by atomic mass is 32.2. The summed E-state index contributed by atoms with van der Waals surface area (Å²) in [6, 6.07) is 0. The van der Waals surface area contributed by atoms with Gasteiger partial charge in [0.1, 0.15) is 0 Å². The molecule has 0 aromatic heterocycles. The van der Waals surface area contributed by atoms with Gasteiger partial charge >= 0.3 is 0 Å². The van der Waals surface area contributed by atoms with E-state index < -0.39 is 15.4 Å². The Hall–Kier alpha value is -0.210. The number of ether oxygens (including phenoxy) is 3. The average Bonchev–Trinajstić information content (AvgIpc) is 2.34. The Morgan fingerprint density at radius 1 is 0.900 bits per heavy atom. The highest BCUT2D eigenvalue weighted by Gasteiger charge is 2.17. The molecule has 0 radical (unpaired) electrons. The van der Waals surface area contributed by atoms with Gasteiger partial charge in [0, 0.05) is 12.1 Å². The minimum atomic E-state index is -3.09. The zero-order valence-electron chi connectivity index (χ0n) is 12.9. The van der Waals surface area contributed by atoms with Crippen molar-refractivity contribution in [2.45, 2.75) is 32.7 Å². The molecule has 122 valence electrons. The van der Waals surface area contributed by atoms with E-state index in [9.17, 15) is 8.42 Å². The molecule has 7 heteroatoms. The van der Waals surface area contributed by atoms with Crippen molar-refractivity contribution in [3.8, 4) is 0 Å². The number of hydrogen-bond donors (Lipinski definition) is 1. The summed E-state index contributed by atoms with van der Waals surface area (Å²) in [7, 11) is -3.09. The summed E-state index contributed by atoms with van der Waals surface area (Å²) in [5.41, 5.74) is 5.31. The molecule has 0 fully saturated rings. The first-order valence-electron chi connectivity index (χ1n) is 6.99. The first kappa shape index (κ1) is 19.8. The van der Waals surface area contributed by atoms with Crippen LogP contribution in [0.3, 0.4) is 0 Å². The summed E-state index contributed by atoms with van der Waals surface area (Å²) >= 11 is 0. The van der Waals surface area contributed by atoms with Gasteiger partial charge in [0.05, 0.1) is 44.5 Å².